The second-order valence-corrected chi connectivity index (χ2v) is 10.00. The molecule has 5 heterocycles. The molecular formula is C28H31N7. The molecule has 2 aliphatic rings. The lowest BCUT2D eigenvalue weighted by Gasteiger charge is -2.48. The summed E-state index contributed by atoms with van der Waals surface area (Å²) in [5.74, 6) is 1.80. The van der Waals surface area contributed by atoms with Crippen molar-refractivity contribution in [1.82, 2.24) is 25.1 Å². The Morgan fingerprint density at radius 1 is 1.03 bits per heavy atom. The Hall–Kier alpha value is -3.71. The van der Waals surface area contributed by atoms with Crippen molar-refractivity contribution in [3.63, 3.8) is 0 Å². The molecule has 0 aliphatic carbocycles. The fourth-order valence-electron chi connectivity index (χ4n) is 5.21. The Morgan fingerprint density at radius 2 is 1.86 bits per heavy atom. The number of aryl methyl sites for hydroxylation is 1. The summed E-state index contributed by atoms with van der Waals surface area (Å²) in [6, 6.07) is 12.7. The first kappa shape index (κ1) is 21.8. The number of hydrogen-bond donors (Lipinski definition) is 2. The lowest BCUT2D eigenvalue weighted by atomic mass is 9.73. The van der Waals surface area contributed by atoms with Gasteiger partial charge in [0.05, 0.1) is 6.20 Å². The Morgan fingerprint density at radius 3 is 2.57 bits per heavy atom. The van der Waals surface area contributed by atoms with Crippen LogP contribution in [0.4, 0.5) is 11.6 Å². The van der Waals surface area contributed by atoms with E-state index in [2.05, 4.69) is 74.4 Å². The van der Waals surface area contributed by atoms with Gasteiger partial charge in [-0.15, -0.1) is 0 Å². The number of pyridine rings is 2. The van der Waals surface area contributed by atoms with E-state index in [9.17, 15) is 0 Å². The monoisotopic (exact) mass is 465 g/mol. The standard InChI is InChI=1S/C28H31N7/c1-19(21-6-9-30-27(14-21)35-10-7-28(8-11-35)17-29-18-28)33-26-13-24-12-22(4-5-23(24)15-31-26)25-16-32-34(3)20(25)2/h4-6,9,12-16,29H,1,7-8,10-11,17-18H2,2-3H3,(H,31,33). The highest BCUT2D eigenvalue weighted by atomic mass is 15.3. The first-order valence-electron chi connectivity index (χ1n) is 12.3. The van der Waals surface area contributed by atoms with E-state index in [4.69, 9.17) is 0 Å². The Kier molecular flexibility index (Phi) is 5.29. The van der Waals surface area contributed by atoms with Crippen LogP contribution in [0.15, 0.2) is 61.6 Å². The molecule has 2 fully saturated rings. The highest BCUT2D eigenvalue weighted by Crippen LogP contribution is 2.36. The lowest BCUT2D eigenvalue weighted by Crippen LogP contribution is -2.58. The van der Waals surface area contributed by atoms with Crippen LogP contribution < -0.4 is 15.5 Å². The molecule has 0 radical (unpaired) electrons. The number of fused-ring (bicyclic) bond motifs is 1. The maximum Gasteiger partial charge on any atom is 0.130 e. The molecule has 35 heavy (non-hydrogen) atoms. The summed E-state index contributed by atoms with van der Waals surface area (Å²) in [5.41, 5.74) is 5.81. The molecule has 2 saturated heterocycles. The molecule has 7 nitrogen and oxygen atoms in total. The topological polar surface area (TPSA) is 70.9 Å². The van der Waals surface area contributed by atoms with Gasteiger partial charge in [-0.3, -0.25) is 4.68 Å². The molecule has 0 bridgehead atoms. The van der Waals surface area contributed by atoms with E-state index in [1.807, 2.05) is 36.4 Å². The molecule has 0 saturated carbocycles. The van der Waals surface area contributed by atoms with Gasteiger partial charge < -0.3 is 15.5 Å². The second kappa shape index (κ2) is 8.50. The summed E-state index contributed by atoms with van der Waals surface area (Å²) >= 11 is 0. The molecule has 3 aromatic heterocycles. The highest BCUT2D eigenvalue weighted by molar-refractivity contribution is 5.90. The fourth-order valence-corrected chi connectivity index (χ4v) is 5.21. The third-order valence-electron chi connectivity index (χ3n) is 7.79. The quantitative estimate of drug-likeness (QED) is 0.449. The average molecular weight is 466 g/mol. The smallest absolute Gasteiger partial charge is 0.130 e. The first-order chi connectivity index (χ1) is 17.0. The molecule has 2 aliphatic heterocycles. The van der Waals surface area contributed by atoms with Gasteiger partial charge in [-0.25, -0.2) is 9.97 Å². The van der Waals surface area contributed by atoms with E-state index in [-0.39, 0.29) is 0 Å². The van der Waals surface area contributed by atoms with Crippen molar-refractivity contribution in [3.8, 4) is 11.1 Å². The molecule has 4 aromatic rings. The zero-order valence-corrected chi connectivity index (χ0v) is 20.4. The Bertz CT molecular complexity index is 1410. The largest absolute Gasteiger partial charge is 0.357 e. The molecule has 0 unspecified atom stereocenters. The van der Waals surface area contributed by atoms with Gasteiger partial charge in [0.15, 0.2) is 0 Å². The van der Waals surface area contributed by atoms with Crippen molar-refractivity contribution < 1.29 is 0 Å². The van der Waals surface area contributed by atoms with Crippen molar-refractivity contribution in [2.75, 3.05) is 36.4 Å². The minimum Gasteiger partial charge on any atom is -0.357 e. The minimum atomic E-state index is 0.524. The maximum absolute atomic E-state index is 4.65. The van der Waals surface area contributed by atoms with Crippen LogP contribution >= 0.6 is 0 Å². The Balaban J connectivity index is 1.20. The van der Waals surface area contributed by atoms with Gasteiger partial charge in [-0.2, -0.15) is 5.10 Å². The number of piperidine rings is 1. The molecule has 6 rings (SSSR count). The van der Waals surface area contributed by atoms with E-state index < -0.39 is 0 Å². The zero-order chi connectivity index (χ0) is 24.0. The van der Waals surface area contributed by atoms with Crippen molar-refractivity contribution in [2.24, 2.45) is 12.5 Å². The average Bonchev–Trinajstić information content (AvgIpc) is 3.20. The normalized spacial score (nSPS) is 16.9. The number of benzene rings is 1. The number of aromatic nitrogens is 4. The molecular weight excluding hydrogens is 434 g/mol. The third kappa shape index (κ3) is 4.06. The zero-order valence-electron chi connectivity index (χ0n) is 20.4. The van der Waals surface area contributed by atoms with Crippen LogP contribution in [0.1, 0.15) is 24.1 Å². The van der Waals surface area contributed by atoms with Crippen molar-refractivity contribution >= 4 is 28.1 Å². The van der Waals surface area contributed by atoms with Gasteiger partial charge in [0, 0.05) is 73.5 Å². The fraction of sp³-hybridized carbons (Fsp3) is 0.321. The third-order valence-corrected chi connectivity index (χ3v) is 7.79. The number of nitrogens with zero attached hydrogens (tertiary/aromatic N) is 5. The summed E-state index contributed by atoms with van der Waals surface area (Å²) in [5, 5.41) is 13.5. The van der Waals surface area contributed by atoms with Crippen LogP contribution in [-0.4, -0.2) is 45.9 Å². The van der Waals surface area contributed by atoms with Crippen LogP contribution in [-0.2, 0) is 7.05 Å². The predicted octanol–water partition coefficient (Wildman–Crippen LogP) is 4.61. The van der Waals surface area contributed by atoms with Gasteiger partial charge in [0.25, 0.3) is 0 Å². The van der Waals surface area contributed by atoms with Crippen LogP contribution in [0.2, 0.25) is 0 Å². The summed E-state index contributed by atoms with van der Waals surface area (Å²) in [6.45, 7) is 10.8. The molecule has 0 amide bonds. The van der Waals surface area contributed by atoms with E-state index in [1.165, 1.54) is 12.8 Å². The number of hydrogen-bond acceptors (Lipinski definition) is 6. The summed E-state index contributed by atoms with van der Waals surface area (Å²) in [6.07, 6.45) is 8.16. The summed E-state index contributed by atoms with van der Waals surface area (Å²) in [7, 11) is 1.97. The van der Waals surface area contributed by atoms with Crippen molar-refractivity contribution in [1.29, 1.82) is 0 Å². The van der Waals surface area contributed by atoms with Gasteiger partial charge in [-0.1, -0.05) is 18.7 Å². The van der Waals surface area contributed by atoms with Crippen LogP contribution in [0.5, 0.6) is 0 Å². The van der Waals surface area contributed by atoms with E-state index in [0.29, 0.717) is 5.41 Å². The minimum absolute atomic E-state index is 0.524. The SMILES string of the molecule is C=C(Nc1cc2cc(-c3cnn(C)c3C)ccc2cn1)c1ccnc(N2CCC3(CC2)CNC3)c1. The highest BCUT2D eigenvalue weighted by Gasteiger charge is 2.39. The van der Waals surface area contributed by atoms with Gasteiger partial charge >= 0.3 is 0 Å². The first-order valence-corrected chi connectivity index (χ1v) is 12.3. The molecule has 0 atom stereocenters. The number of anilines is 2. The van der Waals surface area contributed by atoms with Gasteiger partial charge in [0.1, 0.15) is 11.6 Å². The predicted molar refractivity (Wildman–Crippen MR) is 142 cm³/mol. The maximum atomic E-state index is 4.65. The van der Waals surface area contributed by atoms with Gasteiger partial charge in [-0.05, 0) is 60.4 Å². The van der Waals surface area contributed by atoms with Gasteiger partial charge in [0.2, 0.25) is 0 Å². The molecule has 2 N–H and O–H groups in total. The van der Waals surface area contributed by atoms with Crippen molar-refractivity contribution in [2.45, 2.75) is 19.8 Å². The molecule has 1 spiro atoms. The van der Waals surface area contributed by atoms with Crippen LogP contribution in [0, 0.1) is 12.3 Å². The van der Waals surface area contributed by atoms with E-state index in [0.717, 1.165) is 76.7 Å². The molecule has 1 aromatic carbocycles. The molecule has 178 valence electrons. The van der Waals surface area contributed by atoms with Crippen LogP contribution in [0.3, 0.4) is 0 Å². The van der Waals surface area contributed by atoms with E-state index in [1.54, 1.807) is 0 Å². The number of rotatable bonds is 5. The second-order valence-electron chi connectivity index (χ2n) is 10.00. The summed E-state index contributed by atoms with van der Waals surface area (Å²) in [4.78, 5) is 11.7. The number of nitrogens with one attached hydrogen (secondary N) is 2. The summed E-state index contributed by atoms with van der Waals surface area (Å²) < 4.78 is 1.90. The van der Waals surface area contributed by atoms with Crippen LogP contribution in [0.25, 0.3) is 27.6 Å². The lowest BCUT2D eigenvalue weighted by molar-refractivity contribution is 0.126. The van der Waals surface area contributed by atoms with Crippen molar-refractivity contribution in [3.05, 3.63) is 72.8 Å². The molecule has 7 heteroatoms. The Labute approximate surface area is 205 Å². The van der Waals surface area contributed by atoms with E-state index >= 15 is 0 Å².